The Hall–Kier alpha value is -8.22. The number of aromatic nitrogens is 2. The smallest absolute Gasteiger partial charge is 0.135 e. The van der Waals surface area contributed by atoms with Gasteiger partial charge in [-0.2, -0.15) is 0 Å². The molecule has 0 amide bonds. The Kier molecular flexibility index (Phi) is 9.10. The Morgan fingerprint density at radius 2 is 0.485 bits per heavy atom. The van der Waals surface area contributed by atoms with Crippen LogP contribution in [0.3, 0.4) is 0 Å². The van der Waals surface area contributed by atoms with E-state index in [2.05, 4.69) is 215 Å². The summed E-state index contributed by atoms with van der Waals surface area (Å²) in [6.45, 7) is 4.00. The molecule has 5 heterocycles. The molecular formula is C62H40N2O3V. The number of nitrogens with zero attached hydrogens (tertiary/aromatic N) is 2. The van der Waals surface area contributed by atoms with Gasteiger partial charge in [0, 0.05) is 83.8 Å². The van der Waals surface area contributed by atoms with Crippen molar-refractivity contribution in [1.29, 1.82) is 0 Å². The molecule has 0 aliphatic heterocycles. The number of fused-ring (bicyclic) bond motifs is 15. The number of furan rings is 3. The molecule has 0 saturated carbocycles. The molecule has 1 radical (unpaired) electrons. The van der Waals surface area contributed by atoms with E-state index in [0.29, 0.717) is 0 Å². The van der Waals surface area contributed by atoms with E-state index in [4.69, 9.17) is 13.3 Å². The van der Waals surface area contributed by atoms with Crippen molar-refractivity contribution < 1.29 is 31.8 Å². The molecule has 6 heteroatoms. The second kappa shape index (κ2) is 15.4. The average molecular weight is 912 g/mol. The predicted octanol–water partition coefficient (Wildman–Crippen LogP) is 17.9. The molecule has 0 aliphatic rings. The third-order valence-electron chi connectivity index (χ3n) is 13.7. The predicted molar refractivity (Wildman–Crippen MR) is 279 cm³/mol. The van der Waals surface area contributed by atoms with Gasteiger partial charge in [0.2, 0.25) is 0 Å². The summed E-state index contributed by atoms with van der Waals surface area (Å²) in [7, 11) is 0. The quantitative estimate of drug-likeness (QED) is 0.177. The van der Waals surface area contributed by atoms with Gasteiger partial charge in [0.15, 0.2) is 0 Å². The molecule has 0 bridgehead atoms. The minimum atomic E-state index is 0. The van der Waals surface area contributed by atoms with Crippen molar-refractivity contribution in [2.24, 2.45) is 0 Å². The summed E-state index contributed by atoms with van der Waals surface area (Å²) in [5.74, 6) is 0. The maximum absolute atomic E-state index is 6.45. The fourth-order valence-electron chi connectivity index (χ4n) is 10.7. The van der Waals surface area contributed by atoms with E-state index in [1.807, 2.05) is 13.8 Å². The molecule has 68 heavy (non-hydrogen) atoms. The van der Waals surface area contributed by atoms with Crippen LogP contribution in [-0.4, -0.2) is 9.13 Å². The minimum Gasteiger partial charge on any atom is -0.456 e. The SMILES string of the molecule is CC.[V].c1ccc2c(c1)c1ccccc1n2-c1ccc2oc3ccc(-c4ccc5oc6ccc(-c7ccc8oc9ccc(-n%10c%11ccccc%11c%11ccccc%11%10)cc9c8c7)cc6c5c4)cc3c2c1. The van der Waals surface area contributed by atoms with E-state index < -0.39 is 0 Å². The van der Waals surface area contributed by atoms with E-state index in [-0.39, 0.29) is 18.6 Å². The number of para-hydroxylation sites is 4. The van der Waals surface area contributed by atoms with Crippen molar-refractivity contribution in [3.05, 3.63) is 206 Å². The summed E-state index contributed by atoms with van der Waals surface area (Å²) in [5.41, 5.74) is 16.6. The third kappa shape index (κ3) is 5.89. The number of hydrogen-bond donors (Lipinski definition) is 0. The Labute approximate surface area is 401 Å². The summed E-state index contributed by atoms with van der Waals surface area (Å²) in [6.07, 6.45) is 0. The van der Waals surface area contributed by atoms with Crippen LogP contribution in [0.25, 0.3) is 143 Å². The van der Waals surface area contributed by atoms with Crippen LogP contribution in [0.1, 0.15) is 13.8 Å². The Morgan fingerprint density at radius 1 is 0.250 bits per heavy atom. The van der Waals surface area contributed by atoms with Gasteiger partial charge in [-0.1, -0.05) is 111 Å². The van der Waals surface area contributed by atoms with Crippen LogP contribution in [0, 0.1) is 0 Å². The summed E-state index contributed by atoms with van der Waals surface area (Å²) >= 11 is 0. The molecule has 15 aromatic rings. The van der Waals surface area contributed by atoms with E-state index in [0.717, 1.165) is 99.4 Å². The second-order valence-corrected chi connectivity index (χ2v) is 17.3. The van der Waals surface area contributed by atoms with Crippen molar-refractivity contribution in [3.63, 3.8) is 0 Å². The standard InChI is InChI=1S/C60H34N2O3.C2H6.V/c1-5-13-51-41(9-1)42-10-2-6-14-52(42)61(51)39-21-27-59-49(33-39)47-31-37(19-25-57(47)64-59)35-17-23-55-45(29-35)46-30-36(18-24-56(46)63-55)38-20-26-58-48(32-38)50-34-40(22-28-60(50)65-58)62-53-15-7-3-11-43(53)44-12-4-8-16-54(44)62;1-2;/h1-34H;1-2H3;. The normalized spacial score (nSPS) is 11.9. The Bertz CT molecular complexity index is 4110. The number of benzene rings is 10. The van der Waals surface area contributed by atoms with Gasteiger partial charge in [-0.15, -0.1) is 0 Å². The van der Waals surface area contributed by atoms with E-state index in [1.54, 1.807) is 0 Å². The third-order valence-corrected chi connectivity index (χ3v) is 13.7. The van der Waals surface area contributed by atoms with Gasteiger partial charge in [-0.3, -0.25) is 0 Å². The molecule has 0 spiro atoms. The largest absolute Gasteiger partial charge is 0.456 e. The maximum atomic E-state index is 6.45. The molecule has 0 fully saturated rings. The van der Waals surface area contributed by atoms with Crippen LogP contribution in [0.5, 0.6) is 0 Å². The zero-order chi connectivity index (χ0) is 44.3. The van der Waals surface area contributed by atoms with Crippen LogP contribution in [0.15, 0.2) is 220 Å². The van der Waals surface area contributed by atoms with Gasteiger partial charge >= 0.3 is 0 Å². The van der Waals surface area contributed by atoms with Gasteiger partial charge in [0.1, 0.15) is 33.5 Å². The molecular weight excluding hydrogens is 872 g/mol. The molecule has 5 aromatic heterocycles. The molecule has 15 rings (SSSR count). The number of rotatable bonds is 4. The number of hydrogen-bond acceptors (Lipinski definition) is 3. The topological polar surface area (TPSA) is 49.3 Å². The van der Waals surface area contributed by atoms with E-state index >= 15 is 0 Å². The molecule has 0 atom stereocenters. The summed E-state index contributed by atoms with van der Waals surface area (Å²) in [5, 5.41) is 11.5. The van der Waals surface area contributed by atoms with Crippen LogP contribution in [0.2, 0.25) is 0 Å². The van der Waals surface area contributed by atoms with Gasteiger partial charge < -0.3 is 22.4 Å². The average Bonchev–Trinajstić information content (AvgIpc) is 4.20. The van der Waals surface area contributed by atoms with Crippen molar-refractivity contribution in [3.8, 4) is 33.6 Å². The van der Waals surface area contributed by atoms with Crippen molar-refractivity contribution >= 4 is 109 Å². The van der Waals surface area contributed by atoms with Gasteiger partial charge in [0.05, 0.1) is 22.1 Å². The minimum absolute atomic E-state index is 0. The summed E-state index contributed by atoms with van der Waals surface area (Å²) < 4.78 is 24.0. The molecule has 0 N–H and O–H groups in total. The van der Waals surface area contributed by atoms with Crippen LogP contribution in [0.4, 0.5) is 0 Å². The Balaban J connectivity index is 0.00000151. The van der Waals surface area contributed by atoms with Crippen molar-refractivity contribution in [1.82, 2.24) is 9.13 Å². The zero-order valence-electron chi connectivity index (χ0n) is 37.2. The van der Waals surface area contributed by atoms with Crippen LogP contribution in [-0.2, 0) is 18.6 Å². The molecule has 5 nitrogen and oxygen atoms in total. The Morgan fingerprint density at radius 3 is 0.765 bits per heavy atom. The van der Waals surface area contributed by atoms with Gasteiger partial charge in [-0.05, 0) is 131 Å². The maximum Gasteiger partial charge on any atom is 0.135 e. The first-order chi connectivity index (χ1) is 33.2. The summed E-state index contributed by atoms with van der Waals surface area (Å²) in [4.78, 5) is 0. The molecule has 10 aromatic carbocycles. The van der Waals surface area contributed by atoms with Crippen LogP contribution < -0.4 is 0 Å². The monoisotopic (exact) mass is 911 g/mol. The first-order valence-electron chi connectivity index (χ1n) is 23.1. The van der Waals surface area contributed by atoms with Gasteiger partial charge in [0.25, 0.3) is 0 Å². The van der Waals surface area contributed by atoms with E-state index in [1.165, 1.54) is 43.6 Å². The fraction of sp³-hybridized carbons (Fsp3) is 0.0323. The molecule has 0 unspecified atom stereocenters. The van der Waals surface area contributed by atoms with E-state index in [9.17, 15) is 0 Å². The van der Waals surface area contributed by atoms with Crippen molar-refractivity contribution in [2.45, 2.75) is 13.8 Å². The first kappa shape index (κ1) is 40.1. The fourth-order valence-corrected chi connectivity index (χ4v) is 10.7. The van der Waals surface area contributed by atoms with Gasteiger partial charge in [-0.25, -0.2) is 0 Å². The molecule has 321 valence electrons. The molecule has 0 saturated heterocycles. The molecule has 0 aliphatic carbocycles. The second-order valence-electron chi connectivity index (χ2n) is 17.3. The van der Waals surface area contributed by atoms with Crippen molar-refractivity contribution in [2.75, 3.05) is 0 Å². The summed E-state index contributed by atoms with van der Waals surface area (Å²) in [6, 6.07) is 73.7. The van der Waals surface area contributed by atoms with Crippen LogP contribution >= 0.6 is 0 Å². The zero-order valence-corrected chi connectivity index (χ0v) is 38.6. The first-order valence-corrected chi connectivity index (χ1v) is 23.1.